The minimum Gasteiger partial charge on any atom is -0.366 e. The van der Waals surface area contributed by atoms with E-state index in [-0.39, 0.29) is 18.2 Å². The summed E-state index contributed by atoms with van der Waals surface area (Å²) in [5.74, 6) is 0.0159. The number of halogens is 3. The van der Waals surface area contributed by atoms with E-state index in [1.807, 2.05) is 50.2 Å². The lowest BCUT2D eigenvalue weighted by atomic mass is 10.1. The molecule has 0 atom stereocenters. The number of carbonyl (C=O) groups is 1. The number of benzene rings is 1. The summed E-state index contributed by atoms with van der Waals surface area (Å²) in [4.78, 5) is 21.4. The number of urea groups is 1. The number of aryl methyl sites for hydroxylation is 1. The summed E-state index contributed by atoms with van der Waals surface area (Å²) in [5, 5.41) is 2.97. The third-order valence-corrected chi connectivity index (χ3v) is 4.52. The van der Waals surface area contributed by atoms with Gasteiger partial charge in [-0.2, -0.15) is 13.2 Å². The molecule has 6 nitrogen and oxygen atoms in total. The van der Waals surface area contributed by atoms with Crippen molar-refractivity contribution in [3.8, 4) is 0 Å². The van der Waals surface area contributed by atoms with Gasteiger partial charge < -0.3 is 15.1 Å². The molecule has 0 saturated heterocycles. The Morgan fingerprint density at radius 1 is 1.07 bits per heavy atom. The van der Waals surface area contributed by atoms with Crippen molar-refractivity contribution < 1.29 is 18.0 Å². The van der Waals surface area contributed by atoms with E-state index in [0.29, 0.717) is 13.1 Å². The van der Waals surface area contributed by atoms with E-state index in [1.54, 1.807) is 14.1 Å². The van der Waals surface area contributed by atoms with Crippen LogP contribution in [0.5, 0.6) is 0 Å². The number of hydrogen-bond donors (Lipinski definition) is 1. The lowest BCUT2D eigenvalue weighted by Gasteiger charge is -2.27. The van der Waals surface area contributed by atoms with Crippen LogP contribution < -0.4 is 10.2 Å². The highest BCUT2D eigenvalue weighted by atomic mass is 19.4. The molecule has 164 valence electrons. The summed E-state index contributed by atoms with van der Waals surface area (Å²) in [7, 11) is 6.76. The number of likely N-dealkylation sites (N-methyl/N-ethyl adjacent to an activating group) is 1. The smallest absolute Gasteiger partial charge is 0.366 e. The number of amides is 2. The van der Waals surface area contributed by atoms with Crippen LogP contribution in [0.3, 0.4) is 0 Å². The zero-order chi connectivity index (χ0) is 22.5. The molecule has 0 aliphatic rings. The summed E-state index contributed by atoms with van der Waals surface area (Å²) in [6, 6.07) is 9.04. The van der Waals surface area contributed by atoms with E-state index >= 15 is 0 Å². The topological polar surface area (TPSA) is 51.7 Å². The largest absolute Gasteiger partial charge is 0.416 e. The lowest BCUT2D eigenvalue weighted by molar-refractivity contribution is -0.137. The molecule has 0 aliphatic carbocycles. The van der Waals surface area contributed by atoms with Gasteiger partial charge in [-0.15, -0.1) is 0 Å². The van der Waals surface area contributed by atoms with Gasteiger partial charge in [0.2, 0.25) is 0 Å². The highest BCUT2D eigenvalue weighted by molar-refractivity contribution is 5.91. The van der Waals surface area contributed by atoms with E-state index in [9.17, 15) is 18.0 Å². The fraction of sp³-hybridized carbons (Fsp3) is 0.429. The summed E-state index contributed by atoms with van der Waals surface area (Å²) in [6.45, 7) is 2.93. The predicted molar refractivity (Wildman–Crippen MR) is 113 cm³/mol. The Kier molecular flexibility index (Phi) is 7.66. The Morgan fingerprint density at radius 3 is 2.30 bits per heavy atom. The molecule has 1 aromatic heterocycles. The molecular formula is C21H28F3N5O. The summed E-state index contributed by atoms with van der Waals surface area (Å²) in [5.41, 5.74) is 1.11. The van der Waals surface area contributed by atoms with Crippen molar-refractivity contribution in [2.45, 2.75) is 19.6 Å². The van der Waals surface area contributed by atoms with E-state index in [1.165, 1.54) is 9.80 Å². The molecule has 1 aromatic carbocycles. The Morgan fingerprint density at radius 2 is 1.73 bits per heavy atom. The lowest BCUT2D eigenvalue weighted by Crippen LogP contribution is -2.43. The molecule has 0 fully saturated rings. The fourth-order valence-electron chi connectivity index (χ4n) is 2.75. The number of aromatic nitrogens is 1. The third-order valence-electron chi connectivity index (χ3n) is 4.52. The molecule has 1 N–H and O–H groups in total. The first-order valence-electron chi connectivity index (χ1n) is 9.50. The summed E-state index contributed by atoms with van der Waals surface area (Å²) in [6.07, 6.45) is -4.56. The standard InChI is InChI=1S/C21H28F3N5O/c1-15-8-6-7-9-16(15)14-25-18-12-17(21(22,23)24)13-19(26-18)29(11-10-27(2)3)20(30)28(4)5/h6-9,12-13H,10-11,14H2,1-5H3,(H,25,26). The highest BCUT2D eigenvalue weighted by Gasteiger charge is 2.33. The predicted octanol–water partition coefficient (Wildman–Crippen LogP) is 4.07. The van der Waals surface area contributed by atoms with Crippen molar-refractivity contribution in [3.05, 3.63) is 53.1 Å². The Bertz CT molecular complexity index is 868. The zero-order valence-corrected chi connectivity index (χ0v) is 17.9. The van der Waals surface area contributed by atoms with Crippen LogP contribution in [0.1, 0.15) is 16.7 Å². The van der Waals surface area contributed by atoms with E-state index in [0.717, 1.165) is 23.3 Å². The van der Waals surface area contributed by atoms with Crippen LogP contribution in [-0.4, -0.2) is 62.1 Å². The van der Waals surface area contributed by atoms with Crippen molar-refractivity contribution >= 4 is 17.7 Å². The first-order chi connectivity index (χ1) is 14.0. The van der Waals surface area contributed by atoms with Gasteiger partial charge in [0.1, 0.15) is 11.6 Å². The second-order valence-corrected chi connectivity index (χ2v) is 7.51. The van der Waals surface area contributed by atoms with Gasteiger partial charge in [0, 0.05) is 33.7 Å². The fourth-order valence-corrected chi connectivity index (χ4v) is 2.75. The van der Waals surface area contributed by atoms with Crippen molar-refractivity contribution in [2.75, 3.05) is 51.5 Å². The quantitative estimate of drug-likeness (QED) is 0.730. The SMILES string of the molecule is Cc1ccccc1CNc1cc(C(F)(F)F)cc(N(CCN(C)C)C(=O)N(C)C)n1. The minimum absolute atomic E-state index is 0.0438. The van der Waals surface area contributed by atoms with Gasteiger partial charge >= 0.3 is 12.2 Å². The maximum atomic E-state index is 13.5. The van der Waals surface area contributed by atoms with Crippen LogP contribution in [0.15, 0.2) is 36.4 Å². The van der Waals surface area contributed by atoms with Gasteiger partial charge in [-0.25, -0.2) is 9.78 Å². The number of alkyl halides is 3. The highest BCUT2D eigenvalue weighted by Crippen LogP contribution is 2.33. The van der Waals surface area contributed by atoms with Gasteiger partial charge in [0.15, 0.2) is 0 Å². The van der Waals surface area contributed by atoms with Crippen LogP contribution in [-0.2, 0) is 12.7 Å². The Balaban J connectivity index is 2.42. The summed E-state index contributed by atoms with van der Waals surface area (Å²) < 4.78 is 40.6. The minimum atomic E-state index is -4.56. The molecule has 0 radical (unpaired) electrons. The zero-order valence-electron chi connectivity index (χ0n) is 17.9. The van der Waals surface area contributed by atoms with Crippen molar-refractivity contribution in [2.24, 2.45) is 0 Å². The molecule has 30 heavy (non-hydrogen) atoms. The summed E-state index contributed by atoms with van der Waals surface area (Å²) >= 11 is 0. The number of hydrogen-bond acceptors (Lipinski definition) is 4. The molecule has 0 unspecified atom stereocenters. The van der Waals surface area contributed by atoms with Gasteiger partial charge in [-0.3, -0.25) is 4.90 Å². The molecular weight excluding hydrogens is 395 g/mol. The van der Waals surface area contributed by atoms with Crippen molar-refractivity contribution in [3.63, 3.8) is 0 Å². The van der Waals surface area contributed by atoms with Crippen LogP contribution in [0.4, 0.5) is 29.6 Å². The Labute approximate surface area is 175 Å². The second-order valence-electron chi connectivity index (χ2n) is 7.51. The van der Waals surface area contributed by atoms with Crippen LogP contribution >= 0.6 is 0 Å². The van der Waals surface area contributed by atoms with Gasteiger partial charge in [0.25, 0.3) is 0 Å². The van der Waals surface area contributed by atoms with Crippen LogP contribution in [0.2, 0.25) is 0 Å². The van der Waals surface area contributed by atoms with E-state index < -0.39 is 17.8 Å². The van der Waals surface area contributed by atoms with E-state index in [4.69, 9.17) is 0 Å². The van der Waals surface area contributed by atoms with Gasteiger partial charge in [0.05, 0.1) is 5.56 Å². The number of nitrogens with zero attached hydrogens (tertiary/aromatic N) is 4. The maximum absolute atomic E-state index is 13.5. The molecule has 2 rings (SSSR count). The molecule has 0 aliphatic heterocycles. The first-order valence-corrected chi connectivity index (χ1v) is 9.50. The maximum Gasteiger partial charge on any atom is 0.416 e. The number of anilines is 2. The second kappa shape index (κ2) is 9.80. The third kappa shape index (κ3) is 6.35. The molecule has 2 amide bonds. The van der Waals surface area contributed by atoms with E-state index in [2.05, 4.69) is 10.3 Å². The number of pyridine rings is 1. The average molecular weight is 423 g/mol. The average Bonchev–Trinajstić information content (AvgIpc) is 2.66. The molecule has 0 bridgehead atoms. The first kappa shape index (κ1) is 23.5. The molecule has 0 saturated carbocycles. The van der Waals surface area contributed by atoms with Crippen molar-refractivity contribution in [1.82, 2.24) is 14.8 Å². The normalized spacial score (nSPS) is 11.5. The molecule has 2 aromatic rings. The number of nitrogens with one attached hydrogen (secondary N) is 1. The van der Waals surface area contributed by atoms with Gasteiger partial charge in [-0.05, 0) is 44.3 Å². The molecule has 9 heteroatoms. The number of carbonyl (C=O) groups excluding carboxylic acids is 1. The molecule has 1 heterocycles. The van der Waals surface area contributed by atoms with Gasteiger partial charge in [-0.1, -0.05) is 24.3 Å². The van der Waals surface area contributed by atoms with Crippen LogP contribution in [0, 0.1) is 6.92 Å². The number of rotatable bonds is 7. The van der Waals surface area contributed by atoms with Crippen molar-refractivity contribution in [1.29, 1.82) is 0 Å². The molecule has 0 spiro atoms. The monoisotopic (exact) mass is 423 g/mol. The Hall–Kier alpha value is -2.81. The van der Waals surface area contributed by atoms with Crippen LogP contribution in [0.25, 0.3) is 0 Å².